The van der Waals surface area contributed by atoms with Crippen LogP contribution in [-0.2, 0) is 16.2 Å². The minimum atomic E-state index is -0.435. The van der Waals surface area contributed by atoms with Crippen molar-refractivity contribution in [3.63, 3.8) is 0 Å². The monoisotopic (exact) mass is 860 g/mol. The van der Waals surface area contributed by atoms with Gasteiger partial charge in [0.25, 0.3) is 0 Å². The van der Waals surface area contributed by atoms with Crippen LogP contribution in [0.2, 0.25) is 10.6 Å². The molecule has 8 aromatic rings. The van der Waals surface area contributed by atoms with E-state index in [1.165, 1.54) is 129 Å². The highest BCUT2D eigenvalue weighted by atomic mass is 14.6. The van der Waals surface area contributed by atoms with Crippen LogP contribution >= 0.6 is 0 Å². The first-order valence-electron chi connectivity index (χ1n) is 25.6. The maximum atomic E-state index is 2.63. The number of rotatable bonds is 4. The van der Waals surface area contributed by atoms with Gasteiger partial charge in [-0.25, -0.2) is 0 Å². The number of benzene rings is 8. The highest BCUT2D eigenvalue weighted by Crippen LogP contribution is 2.66. The Morgan fingerprint density at radius 3 is 1.09 bits per heavy atom. The second-order valence-electron chi connectivity index (χ2n) is 22.6. The van der Waals surface area contributed by atoms with Gasteiger partial charge in [-0.15, -0.1) is 0 Å². The molecule has 4 aliphatic carbocycles. The van der Waals surface area contributed by atoms with Gasteiger partial charge in [-0.05, 0) is 124 Å². The van der Waals surface area contributed by atoms with Crippen LogP contribution in [0.25, 0.3) is 44.5 Å². The summed E-state index contributed by atoms with van der Waals surface area (Å²) in [6, 6.07) is 71.7. The number of hydrogen-bond donors (Lipinski definition) is 0. The Balaban J connectivity index is 0.945. The molecule has 2 saturated carbocycles. The van der Waals surface area contributed by atoms with E-state index >= 15 is 0 Å². The topological polar surface area (TPSA) is 0 Å². The van der Waals surface area contributed by atoms with E-state index in [0.29, 0.717) is 13.4 Å². The van der Waals surface area contributed by atoms with Gasteiger partial charge >= 0.3 is 0 Å². The summed E-state index contributed by atoms with van der Waals surface area (Å²) in [5.41, 5.74) is 25.4. The van der Waals surface area contributed by atoms with Crippen LogP contribution in [0.5, 0.6) is 0 Å². The van der Waals surface area contributed by atoms with E-state index in [1.54, 1.807) is 22.1 Å². The molecule has 0 radical (unpaired) electrons. The van der Waals surface area contributed by atoms with Crippen LogP contribution < -0.4 is 21.9 Å². The third kappa shape index (κ3) is 5.02. The van der Waals surface area contributed by atoms with Gasteiger partial charge in [-0.3, -0.25) is 0 Å². The smallest absolute Gasteiger partial charge is 0.0735 e. The standard InChI is InChI=1S/C65H58B2/c1-61-35-15-17-37-63(61,3)66(47-19-7-5-8-20-47)59-33-29-45(41-57(59)61)43-27-31-51-52-32-28-44(40-56(52)65(55(51)39-43)53-25-13-11-23-49(53)50-24-12-14-26-54(50)65)46-30-34-60-58(42-46)62(2)36-16-18-38-64(62,4)67(60)48-21-9-6-10-22-48/h5-14,19-34,39-42H,15-18,35-38H2,1-4H3. The van der Waals surface area contributed by atoms with Crippen LogP contribution in [0.3, 0.4) is 0 Å². The summed E-state index contributed by atoms with van der Waals surface area (Å²) in [7, 11) is 0. The molecule has 2 fully saturated rings. The summed E-state index contributed by atoms with van der Waals surface area (Å²) in [5, 5.41) is 0.366. The van der Waals surface area contributed by atoms with Crippen molar-refractivity contribution in [2.75, 3.05) is 0 Å². The van der Waals surface area contributed by atoms with Crippen LogP contribution in [0.15, 0.2) is 182 Å². The lowest BCUT2D eigenvalue weighted by molar-refractivity contribution is 0.243. The summed E-state index contributed by atoms with van der Waals surface area (Å²) < 4.78 is 0. The highest BCUT2D eigenvalue weighted by Gasteiger charge is 2.62. The molecule has 4 atom stereocenters. The molecule has 2 aliphatic heterocycles. The molecule has 324 valence electrons. The third-order valence-electron chi connectivity index (χ3n) is 20.0. The Bertz CT molecular complexity index is 3120. The summed E-state index contributed by atoms with van der Waals surface area (Å²) >= 11 is 0. The largest absolute Gasteiger partial charge is 0.216 e. The molecule has 4 unspecified atom stereocenters. The Kier molecular flexibility index (Phi) is 8.35. The molecule has 67 heavy (non-hydrogen) atoms. The molecule has 0 amide bonds. The second kappa shape index (κ2) is 14.0. The van der Waals surface area contributed by atoms with Crippen LogP contribution in [0, 0.1) is 0 Å². The molecule has 8 aromatic carbocycles. The maximum Gasteiger partial charge on any atom is 0.216 e. The fourth-order valence-corrected chi connectivity index (χ4v) is 16.4. The van der Waals surface area contributed by atoms with Gasteiger partial charge in [-0.2, -0.15) is 0 Å². The van der Waals surface area contributed by atoms with Gasteiger partial charge in [0, 0.05) is 0 Å². The van der Waals surface area contributed by atoms with Gasteiger partial charge in [0.05, 0.1) is 5.41 Å². The average Bonchev–Trinajstić information content (AvgIpc) is 3.98. The predicted molar refractivity (Wildman–Crippen MR) is 285 cm³/mol. The lowest BCUT2D eigenvalue weighted by Gasteiger charge is -2.48. The van der Waals surface area contributed by atoms with Crippen molar-refractivity contribution >= 4 is 35.3 Å². The van der Waals surface area contributed by atoms with E-state index in [4.69, 9.17) is 0 Å². The summed E-state index contributed by atoms with van der Waals surface area (Å²) in [5.74, 6) is 0. The zero-order valence-corrected chi connectivity index (χ0v) is 39.6. The maximum absolute atomic E-state index is 2.63. The zero-order valence-electron chi connectivity index (χ0n) is 39.6. The van der Waals surface area contributed by atoms with Crippen molar-refractivity contribution in [3.05, 3.63) is 215 Å². The summed E-state index contributed by atoms with van der Waals surface area (Å²) in [4.78, 5) is 0. The van der Waals surface area contributed by atoms with E-state index in [9.17, 15) is 0 Å². The van der Waals surface area contributed by atoms with Crippen molar-refractivity contribution in [1.82, 2.24) is 0 Å². The fraction of sp³-hybridized carbons (Fsp3) is 0.262. The molecule has 1 spiro atoms. The molecule has 0 nitrogen and oxygen atoms in total. The van der Waals surface area contributed by atoms with Gasteiger partial charge in [-0.1, -0.05) is 258 Å². The molecule has 2 heteroatoms. The van der Waals surface area contributed by atoms with E-state index in [2.05, 4.69) is 210 Å². The van der Waals surface area contributed by atoms with E-state index < -0.39 is 5.41 Å². The lowest BCUT2D eigenvalue weighted by Crippen LogP contribution is -2.51. The first-order valence-corrected chi connectivity index (χ1v) is 25.6. The molecule has 14 rings (SSSR count). The molecule has 6 aliphatic rings. The normalized spacial score (nSPS) is 25.4. The Hall–Kier alpha value is -6.11. The van der Waals surface area contributed by atoms with E-state index in [1.807, 2.05) is 0 Å². The van der Waals surface area contributed by atoms with E-state index in [-0.39, 0.29) is 21.5 Å². The number of hydrogen-bond acceptors (Lipinski definition) is 0. The van der Waals surface area contributed by atoms with Gasteiger partial charge in [0.1, 0.15) is 0 Å². The summed E-state index contributed by atoms with van der Waals surface area (Å²) in [6.45, 7) is 11.3. The molecule has 0 bridgehead atoms. The first-order chi connectivity index (χ1) is 32.7. The minimum absolute atomic E-state index is 0.123. The van der Waals surface area contributed by atoms with Gasteiger partial charge < -0.3 is 0 Å². The van der Waals surface area contributed by atoms with Crippen LogP contribution in [-0.4, -0.2) is 13.4 Å². The SMILES string of the molecule is CC12CCCCC1(C)c1cc(-c3ccc4c(c3)C3(c5ccccc5-c5ccccc53)c3cc(-c5ccc6c(c5)C5(C)CCCCC5(C)B6c5ccccc5)ccc3-4)ccc1B2c1ccccc1. The van der Waals surface area contributed by atoms with Crippen LogP contribution in [0.4, 0.5) is 0 Å². The van der Waals surface area contributed by atoms with Crippen molar-refractivity contribution in [3.8, 4) is 44.5 Å². The second-order valence-corrected chi connectivity index (χ2v) is 22.6. The van der Waals surface area contributed by atoms with Gasteiger partial charge in [0.15, 0.2) is 0 Å². The minimum Gasteiger partial charge on any atom is -0.0735 e. The van der Waals surface area contributed by atoms with Crippen molar-refractivity contribution in [1.29, 1.82) is 0 Å². The highest BCUT2D eigenvalue weighted by molar-refractivity contribution is 6.90. The Morgan fingerprint density at radius 1 is 0.313 bits per heavy atom. The average molecular weight is 861 g/mol. The molecule has 0 saturated heterocycles. The molecule has 0 N–H and O–H groups in total. The third-order valence-corrected chi connectivity index (χ3v) is 20.0. The predicted octanol–water partition coefficient (Wildman–Crippen LogP) is 13.8. The van der Waals surface area contributed by atoms with Gasteiger partial charge in [0.2, 0.25) is 13.4 Å². The fourth-order valence-electron chi connectivity index (χ4n) is 16.4. The molecule has 2 heterocycles. The van der Waals surface area contributed by atoms with E-state index in [0.717, 1.165) is 0 Å². The van der Waals surface area contributed by atoms with Crippen molar-refractivity contribution < 1.29 is 0 Å². The quantitative estimate of drug-likeness (QED) is 0.155. The molecule has 0 aromatic heterocycles. The van der Waals surface area contributed by atoms with Crippen LogP contribution in [0.1, 0.15) is 112 Å². The summed E-state index contributed by atoms with van der Waals surface area (Å²) in [6.07, 6.45) is 10.3. The zero-order chi connectivity index (χ0) is 44.9. The Morgan fingerprint density at radius 2 is 0.657 bits per heavy atom. The lowest BCUT2D eigenvalue weighted by atomic mass is 9.26. The van der Waals surface area contributed by atoms with Crippen molar-refractivity contribution in [2.24, 2.45) is 0 Å². The van der Waals surface area contributed by atoms with Crippen molar-refractivity contribution in [2.45, 2.75) is 106 Å². The molecular weight excluding hydrogens is 802 g/mol. The molecular formula is C65H58B2. The number of fused-ring (bicyclic) bond motifs is 16. The Labute approximate surface area is 399 Å². The first kappa shape index (κ1) is 40.0.